The van der Waals surface area contributed by atoms with Gasteiger partial charge in [0.15, 0.2) is 0 Å². The van der Waals surface area contributed by atoms with Crippen LogP contribution in [-0.4, -0.2) is 9.97 Å². The quantitative estimate of drug-likeness (QED) is 0.582. The maximum Gasteiger partial charge on any atom is 0.137 e. The predicted molar refractivity (Wildman–Crippen MR) is 46.7 cm³/mol. The lowest BCUT2D eigenvalue weighted by Crippen LogP contribution is -1.99. The molecule has 0 fully saturated rings. The number of hydrogen-bond acceptors (Lipinski definition) is 3. The van der Waals surface area contributed by atoms with Gasteiger partial charge in [-0.15, -0.1) is 5.73 Å². The third-order valence-electron chi connectivity index (χ3n) is 1.88. The smallest absolute Gasteiger partial charge is 0.137 e. The van der Waals surface area contributed by atoms with Gasteiger partial charge in [0, 0.05) is 23.9 Å². The van der Waals surface area contributed by atoms with Crippen molar-refractivity contribution in [2.75, 3.05) is 5.32 Å². The molecule has 60 valence electrons. The van der Waals surface area contributed by atoms with Gasteiger partial charge >= 0.3 is 0 Å². The summed E-state index contributed by atoms with van der Waals surface area (Å²) >= 11 is 0. The Balaban J connectivity index is 2.54. The molecule has 0 spiro atoms. The molecule has 0 unspecified atom stereocenters. The van der Waals surface area contributed by atoms with E-state index in [9.17, 15) is 0 Å². The van der Waals surface area contributed by atoms with Crippen LogP contribution in [0, 0.1) is 6.92 Å². The van der Waals surface area contributed by atoms with E-state index < -0.39 is 0 Å². The van der Waals surface area contributed by atoms with E-state index in [1.165, 1.54) is 0 Å². The van der Waals surface area contributed by atoms with Crippen molar-refractivity contribution in [1.29, 1.82) is 0 Å². The minimum Gasteiger partial charge on any atom is -0.340 e. The Labute approximate surface area is 70.9 Å². The van der Waals surface area contributed by atoms with Gasteiger partial charge in [0.25, 0.3) is 0 Å². The summed E-state index contributed by atoms with van der Waals surface area (Å²) in [6.45, 7) is 1.99. The predicted octanol–water partition coefficient (Wildman–Crippen LogP) is 1.42. The summed E-state index contributed by atoms with van der Waals surface area (Å²) in [5, 5.41) is 3.05. The van der Waals surface area contributed by atoms with Crippen LogP contribution in [0.3, 0.4) is 0 Å². The van der Waals surface area contributed by atoms with Crippen molar-refractivity contribution in [3.63, 3.8) is 0 Å². The molecule has 1 aliphatic rings. The summed E-state index contributed by atoms with van der Waals surface area (Å²) in [6, 6.07) is 0. The molecule has 0 radical (unpaired) electrons. The molecule has 1 aromatic heterocycles. The van der Waals surface area contributed by atoms with Crippen molar-refractivity contribution in [3.05, 3.63) is 35.6 Å². The third-order valence-corrected chi connectivity index (χ3v) is 1.88. The van der Waals surface area contributed by atoms with Gasteiger partial charge < -0.3 is 5.32 Å². The minimum absolute atomic E-state index is 0.853. The fourth-order valence-corrected chi connectivity index (χ4v) is 1.20. The van der Waals surface area contributed by atoms with E-state index in [1.54, 1.807) is 12.5 Å². The summed E-state index contributed by atoms with van der Waals surface area (Å²) in [4.78, 5) is 8.25. The number of rotatable bonds is 0. The summed E-state index contributed by atoms with van der Waals surface area (Å²) in [5.41, 5.74) is 5.17. The molecular weight excluding hydrogens is 150 g/mol. The van der Waals surface area contributed by atoms with E-state index in [-0.39, 0.29) is 0 Å². The first-order chi connectivity index (χ1) is 5.88. The van der Waals surface area contributed by atoms with E-state index >= 15 is 0 Å². The molecule has 0 aliphatic carbocycles. The highest BCUT2D eigenvalue weighted by molar-refractivity contribution is 5.49. The monoisotopic (exact) mass is 159 g/mol. The fourth-order valence-electron chi connectivity index (χ4n) is 1.20. The summed E-state index contributed by atoms with van der Waals surface area (Å²) in [5.74, 6) is 0.892. The highest BCUT2D eigenvalue weighted by Crippen LogP contribution is 2.16. The molecule has 3 heteroatoms. The molecule has 0 bridgehead atoms. The number of nitrogens with zero attached hydrogens (tertiary/aromatic N) is 2. The summed E-state index contributed by atoms with van der Waals surface area (Å²) < 4.78 is 0. The summed E-state index contributed by atoms with van der Waals surface area (Å²) in [7, 11) is 0. The maximum atomic E-state index is 4.13. The molecule has 2 heterocycles. The topological polar surface area (TPSA) is 37.8 Å². The van der Waals surface area contributed by atoms with Crippen LogP contribution in [0.2, 0.25) is 0 Å². The van der Waals surface area contributed by atoms with Crippen LogP contribution in [0.15, 0.2) is 24.3 Å². The Morgan fingerprint density at radius 3 is 3.33 bits per heavy atom. The third kappa shape index (κ3) is 1.11. The number of allylic oxidation sites excluding steroid dienone is 1. The van der Waals surface area contributed by atoms with Crippen LogP contribution < -0.4 is 5.32 Å². The molecular formula is C9H9N3. The van der Waals surface area contributed by atoms with E-state index in [4.69, 9.17) is 0 Å². The second-order valence-electron chi connectivity index (χ2n) is 2.65. The van der Waals surface area contributed by atoms with E-state index in [1.807, 2.05) is 13.0 Å². The van der Waals surface area contributed by atoms with Crippen LogP contribution in [-0.2, 0) is 6.42 Å². The first-order valence-electron chi connectivity index (χ1n) is 3.84. The van der Waals surface area contributed by atoms with E-state index in [2.05, 4.69) is 21.0 Å². The lowest BCUT2D eigenvalue weighted by atomic mass is 10.1. The highest BCUT2D eigenvalue weighted by atomic mass is 15.0. The van der Waals surface area contributed by atoms with Crippen molar-refractivity contribution in [2.45, 2.75) is 13.3 Å². The average Bonchev–Trinajstić information content (AvgIpc) is 2.30. The van der Waals surface area contributed by atoms with Crippen molar-refractivity contribution in [1.82, 2.24) is 9.97 Å². The highest BCUT2D eigenvalue weighted by Gasteiger charge is 2.06. The van der Waals surface area contributed by atoms with Crippen molar-refractivity contribution in [2.24, 2.45) is 0 Å². The number of fused-ring (bicyclic) bond motifs is 1. The zero-order valence-corrected chi connectivity index (χ0v) is 6.83. The first kappa shape index (κ1) is 7.07. The molecule has 0 saturated carbocycles. The Bertz CT molecular complexity index is 362. The average molecular weight is 159 g/mol. The number of nitrogens with one attached hydrogen (secondary N) is 1. The van der Waals surface area contributed by atoms with Gasteiger partial charge in [0.2, 0.25) is 0 Å². The zero-order chi connectivity index (χ0) is 8.39. The number of anilines is 1. The van der Waals surface area contributed by atoms with Crippen LogP contribution in [0.5, 0.6) is 0 Å². The maximum absolute atomic E-state index is 4.13. The van der Waals surface area contributed by atoms with Gasteiger partial charge in [-0.05, 0) is 13.0 Å². The second-order valence-corrected chi connectivity index (χ2v) is 2.65. The molecule has 0 atom stereocenters. The lowest BCUT2D eigenvalue weighted by Gasteiger charge is -2.05. The molecule has 1 N–H and O–H groups in total. The van der Waals surface area contributed by atoms with Gasteiger partial charge in [0.1, 0.15) is 12.1 Å². The van der Waals surface area contributed by atoms with Crippen LogP contribution in [0.1, 0.15) is 11.3 Å². The molecule has 0 saturated heterocycles. The molecule has 12 heavy (non-hydrogen) atoms. The van der Waals surface area contributed by atoms with E-state index in [0.29, 0.717) is 0 Å². The molecule has 2 rings (SSSR count). The first-order valence-corrected chi connectivity index (χ1v) is 3.84. The van der Waals surface area contributed by atoms with Crippen LogP contribution in [0.4, 0.5) is 5.82 Å². The van der Waals surface area contributed by atoms with Crippen LogP contribution >= 0.6 is 0 Å². The summed E-state index contributed by atoms with van der Waals surface area (Å²) in [6.07, 6.45) is 6.15. The Morgan fingerprint density at radius 1 is 1.50 bits per heavy atom. The van der Waals surface area contributed by atoms with Crippen molar-refractivity contribution in [3.8, 4) is 0 Å². The van der Waals surface area contributed by atoms with Gasteiger partial charge in [-0.2, -0.15) is 0 Å². The lowest BCUT2D eigenvalue weighted by molar-refractivity contribution is 1.04. The largest absolute Gasteiger partial charge is 0.340 e. The van der Waals surface area contributed by atoms with Crippen molar-refractivity contribution < 1.29 is 0 Å². The number of aryl methyl sites for hydroxylation is 1. The number of hydrogen-bond donors (Lipinski definition) is 1. The Hall–Kier alpha value is -1.60. The van der Waals surface area contributed by atoms with Gasteiger partial charge in [0.05, 0.1) is 0 Å². The zero-order valence-electron chi connectivity index (χ0n) is 6.83. The molecule has 1 aliphatic heterocycles. The molecule has 3 nitrogen and oxygen atoms in total. The minimum atomic E-state index is 0.853. The van der Waals surface area contributed by atoms with Gasteiger partial charge in [-0.1, -0.05) is 0 Å². The molecule has 0 amide bonds. The second kappa shape index (κ2) is 2.80. The Morgan fingerprint density at radius 2 is 2.42 bits per heavy atom. The van der Waals surface area contributed by atoms with Gasteiger partial charge in [-0.3, -0.25) is 0 Å². The SMILES string of the molecule is Cc1ncnc2c1CC=C=CN2. The van der Waals surface area contributed by atoms with Gasteiger partial charge in [-0.25, -0.2) is 9.97 Å². The number of aromatic nitrogens is 2. The normalized spacial score (nSPS) is 13.4. The fraction of sp³-hybridized carbons (Fsp3) is 0.222. The standard InChI is InChI=1S/C9H9N3/c1-7-8-4-2-3-5-10-9(8)12-6-11-7/h2,5-6H,4H2,1H3,(H,10,11,12). The Kier molecular flexibility index (Phi) is 1.65. The molecule has 1 aromatic rings. The molecule has 0 aromatic carbocycles. The van der Waals surface area contributed by atoms with E-state index in [0.717, 1.165) is 23.5 Å². The van der Waals surface area contributed by atoms with Crippen molar-refractivity contribution >= 4 is 5.82 Å². The van der Waals surface area contributed by atoms with Crippen LogP contribution in [0.25, 0.3) is 0 Å².